The van der Waals surface area contributed by atoms with Crippen LogP contribution in [0.5, 0.6) is 0 Å². The highest BCUT2D eigenvalue weighted by Crippen LogP contribution is 2.22. The molecule has 0 aliphatic carbocycles. The minimum Gasteiger partial charge on any atom is -0.462 e. The molecule has 0 bridgehead atoms. The number of ether oxygens (including phenoxy) is 4. The summed E-state index contributed by atoms with van der Waals surface area (Å²) in [4.78, 5) is 25.1. The van der Waals surface area contributed by atoms with Crippen molar-refractivity contribution in [1.29, 1.82) is 0 Å². The van der Waals surface area contributed by atoms with Crippen molar-refractivity contribution in [2.45, 2.75) is 218 Å². The van der Waals surface area contributed by atoms with E-state index in [-0.39, 0.29) is 32.0 Å². The molecular weight excluding hydrogens is 628 g/mol. The van der Waals surface area contributed by atoms with Crippen molar-refractivity contribution < 1.29 is 49.0 Å². The molecule has 1 fully saturated rings. The second-order valence-corrected chi connectivity index (χ2v) is 14.1. The van der Waals surface area contributed by atoms with Crippen LogP contribution in [0.4, 0.5) is 0 Å². The lowest BCUT2D eigenvalue weighted by Gasteiger charge is -2.39. The van der Waals surface area contributed by atoms with Crippen molar-refractivity contribution in [2.75, 3.05) is 19.8 Å². The van der Waals surface area contributed by atoms with Crippen LogP contribution in [0.25, 0.3) is 0 Å². The number of hydrogen-bond donors (Lipinski definition) is 4. The fourth-order valence-electron chi connectivity index (χ4n) is 6.25. The molecule has 1 saturated heterocycles. The zero-order valence-electron chi connectivity index (χ0n) is 31.2. The standard InChI is InChI=1S/C39H74O10/c1-3-5-7-9-11-13-14-15-16-17-18-20-21-23-25-27-34(41)46-30-32(31-47-39-38(45)37(44)36(43)33(29-40)49-39)48-35(42)28-26-24-22-19-12-10-8-6-4-2/h32-33,36-40,43-45H,3-31H2,1-2H3/t32-,33-,36+,37?,38?,39-/m0/s1. The van der Waals surface area contributed by atoms with E-state index < -0.39 is 49.4 Å². The second kappa shape index (κ2) is 31.4. The van der Waals surface area contributed by atoms with Crippen molar-refractivity contribution in [2.24, 2.45) is 0 Å². The Kier molecular flexibility index (Phi) is 29.3. The number of aliphatic hydroxyl groups excluding tert-OH is 4. The number of esters is 2. The molecule has 1 heterocycles. The highest BCUT2D eigenvalue weighted by Gasteiger charge is 2.44. The van der Waals surface area contributed by atoms with Crippen molar-refractivity contribution in [3.8, 4) is 0 Å². The number of unbranched alkanes of at least 4 members (excludes halogenated alkanes) is 22. The van der Waals surface area contributed by atoms with Gasteiger partial charge in [-0.3, -0.25) is 9.59 Å². The van der Waals surface area contributed by atoms with Crippen LogP contribution >= 0.6 is 0 Å². The Labute approximate surface area is 298 Å². The molecule has 0 aromatic heterocycles. The van der Waals surface area contributed by atoms with Gasteiger partial charge in [-0.1, -0.05) is 155 Å². The van der Waals surface area contributed by atoms with Crippen molar-refractivity contribution in [1.82, 2.24) is 0 Å². The molecule has 0 radical (unpaired) electrons. The van der Waals surface area contributed by atoms with Gasteiger partial charge in [0.1, 0.15) is 31.0 Å². The quantitative estimate of drug-likeness (QED) is 0.0401. The van der Waals surface area contributed by atoms with Crippen LogP contribution in [0.1, 0.15) is 181 Å². The lowest BCUT2D eigenvalue weighted by atomic mass is 9.99. The van der Waals surface area contributed by atoms with Crippen molar-refractivity contribution in [3.63, 3.8) is 0 Å². The number of carbonyl (C=O) groups excluding carboxylic acids is 2. The molecule has 2 unspecified atom stereocenters. The summed E-state index contributed by atoms with van der Waals surface area (Å²) in [7, 11) is 0. The van der Waals surface area contributed by atoms with Gasteiger partial charge in [0.05, 0.1) is 13.2 Å². The molecule has 1 aliphatic rings. The van der Waals surface area contributed by atoms with E-state index in [1.54, 1.807) is 0 Å². The average molecular weight is 703 g/mol. The van der Waals surface area contributed by atoms with Crippen LogP contribution in [0, 0.1) is 0 Å². The number of aliphatic hydroxyl groups is 4. The Bertz CT molecular complexity index is 779. The molecule has 0 spiro atoms. The molecule has 6 atom stereocenters. The molecule has 49 heavy (non-hydrogen) atoms. The number of carbonyl (C=O) groups is 2. The molecule has 10 heteroatoms. The van der Waals surface area contributed by atoms with E-state index in [0.29, 0.717) is 6.42 Å². The second-order valence-electron chi connectivity index (χ2n) is 14.1. The van der Waals surface area contributed by atoms with Gasteiger partial charge >= 0.3 is 11.9 Å². The summed E-state index contributed by atoms with van der Waals surface area (Å²) in [6.45, 7) is 3.40. The Morgan fingerprint density at radius 1 is 0.551 bits per heavy atom. The number of rotatable bonds is 33. The molecule has 1 rings (SSSR count). The van der Waals surface area contributed by atoms with Gasteiger partial charge in [-0.25, -0.2) is 0 Å². The molecule has 1 aliphatic heterocycles. The first kappa shape index (κ1) is 45.7. The van der Waals surface area contributed by atoms with Gasteiger partial charge in [-0.05, 0) is 12.8 Å². The van der Waals surface area contributed by atoms with Gasteiger partial charge in [0.25, 0.3) is 0 Å². The van der Waals surface area contributed by atoms with Crippen LogP contribution < -0.4 is 0 Å². The normalized spacial score (nSPS) is 21.5. The summed E-state index contributed by atoms with van der Waals surface area (Å²) in [5.74, 6) is -0.800. The largest absolute Gasteiger partial charge is 0.462 e. The summed E-state index contributed by atoms with van der Waals surface area (Å²) in [5, 5.41) is 39.9. The summed E-state index contributed by atoms with van der Waals surface area (Å²) in [6.07, 6.45) is 21.2. The number of hydrogen-bond acceptors (Lipinski definition) is 10. The van der Waals surface area contributed by atoms with E-state index in [0.717, 1.165) is 38.5 Å². The molecule has 290 valence electrons. The Morgan fingerprint density at radius 2 is 0.959 bits per heavy atom. The smallest absolute Gasteiger partial charge is 0.306 e. The average Bonchev–Trinajstić information content (AvgIpc) is 3.10. The maximum atomic E-state index is 12.6. The highest BCUT2D eigenvalue weighted by molar-refractivity contribution is 5.70. The van der Waals surface area contributed by atoms with Crippen LogP contribution in [0.2, 0.25) is 0 Å². The first-order valence-corrected chi connectivity index (χ1v) is 20.1. The van der Waals surface area contributed by atoms with E-state index in [2.05, 4.69) is 13.8 Å². The molecule has 4 N–H and O–H groups in total. The van der Waals surface area contributed by atoms with Crippen LogP contribution in [-0.2, 0) is 28.5 Å². The van der Waals surface area contributed by atoms with Gasteiger partial charge < -0.3 is 39.4 Å². The zero-order valence-corrected chi connectivity index (χ0v) is 31.2. The van der Waals surface area contributed by atoms with Gasteiger partial charge in [0.15, 0.2) is 12.4 Å². The van der Waals surface area contributed by atoms with E-state index in [1.165, 1.54) is 109 Å². The molecule has 10 nitrogen and oxygen atoms in total. The fraction of sp³-hybridized carbons (Fsp3) is 0.949. The van der Waals surface area contributed by atoms with Gasteiger partial charge in [0, 0.05) is 12.8 Å². The molecule has 0 aromatic rings. The third-order valence-electron chi connectivity index (χ3n) is 9.49. The van der Waals surface area contributed by atoms with Crippen LogP contribution in [0.15, 0.2) is 0 Å². The predicted molar refractivity (Wildman–Crippen MR) is 192 cm³/mol. The first-order chi connectivity index (χ1) is 23.8. The zero-order chi connectivity index (χ0) is 36.0. The third kappa shape index (κ3) is 23.7. The summed E-state index contributed by atoms with van der Waals surface area (Å²) >= 11 is 0. The van der Waals surface area contributed by atoms with E-state index in [1.807, 2.05) is 0 Å². The van der Waals surface area contributed by atoms with Crippen LogP contribution in [-0.4, -0.2) is 89.0 Å². The topological polar surface area (TPSA) is 152 Å². The first-order valence-electron chi connectivity index (χ1n) is 20.1. The summed E-state index contributed by atoms with van der Waals surface area (Å²) in [6, 6.07) is 0. The van der Waals surface area contributed by atoms with E-state index in [4.69, 9.17) is 18.9 Å². The maximum Gasteiger partial charge on any atom is 0.306 e. The minimum absolute atomic E-state index is 0.210. The van der Waals surface area contributed by atoms with Gasteiger partial charge in [0.2, 0.25) is 0 Å². The highest BCUT2D eigenvalue weighted by atomic mass is 16.7. The SMILES string of the molecule is CCCCCCCCCCCCCCCCCC(=O)OC[C@@H](CO[C@H]1O[C@@H](CO)[C@@H](O)C(O)C1O)OC(=O)CCCCCCCCCCC. The van der Waals surface area contributed by atoms with Gasteiger partial charge in [-0.2, -0.15) is 0 Å². The summed E-state index contributed by atoms with van der Waals surface area (Å²) in [5.41, 5.74) is 0. The third-order valence-corrected chi connectivity index (χ3v) is 9.49. The summed E-state index contributed by atoms with van der Waals surface area (Å²) < 4.78 is 22.0. The van der Waals surface area contributed by atoms with E-state index >= 15 is 0 Å². The lowest BCUT2D eigenvalue weighted by molar-refractivity contribution is -0.305. The molecule has 0 amide bonds. The van der Waals surface area contributed by atoms with Crippen LogP contribution in [0.3, 0.4) is 0 Å². The maximum absolute atomic E-state index is 12.6. The monoisotopic (exact) mass is 703 g/mol. The molecular formula is C39H74O10. The Morgan fingerprint density at radius 3 is 1.39 bits per heavy atom. The predicted octanol–water partition coefficient (Wildman–Crippen LogP) is 7.44. The molecule has 0 saturated carbocycles. The van der Waals surface area contributed by atoms with E-state index in [9.17, 15) is 30.0 Å². The Hall–Kier alpha value is -1.30. The molecule has 0 aromatic carbocycles. The fourth-order valence-corrected chi connectivity index (χ4v) is 6.25. The van der Waals surface area contributed by atoms with Gasteiger partial charge in [-0.15, -0.1) is 0 Å². The van der Waals surface area contributed by atoms with Crippen molar-refractivity contribution in [3.05, 3.63) is 0 Å². The minimum atomic E-state index is -1.59. The van der Waals surface area contributed by atoms with Crippen molar-refractivity contribution >= 4 is 11.9 Å². The Balaban J connectivity index is 2.34. The lowest BCUT2D eigenvalue weighted by Crippen LogP contribution is -2.59.